The Balaban J connectivity index is 2.28. The third kappa shape index (κ3) is 2.76. The van der Waals surface area contributed by atoms with Crippen molar-refractivity contribution in [3.05, 3.63) is 39.9 Å². The number of rotatable bonds is 2. The quantitative estimate of drug-likeness (QED) is 0.854. The van der Waals surface area contributed by atoms with Crippen LogP contribution in [0.1, 0.15) is 11.4 Å². The highest BCUT2D eigenvalue weighted by Gasteiger charge is 2.07. The summed E-state index contributed by atoms with van der Waals surface area (Å²) in [5.74, 6) is 0.0970. The molecule has 0 saturated heterocycles. The Morgan fingerprint density at radius 2 is 1.94 bits per heavy atom. The number of benzene rings is 1. The number of aromatic nitrogens is 3. The zero-order valence-electron chi connectivity index (χ0n) is 9.24. The zero-order valence-corrected chi connectivity index (χ0v) is 10.8. The van der Waals surface area contributed by atoms with Crippen LogP contribution in [-0.4, -0.2) is 15.2 Å². The van der Waals surface area contributed by atoms with Gasteiger partial charge in [0.05, 0.1) is 15.9 Å². The molecule has 0 aliphatic carbocycles. The molecule has 0 aliphatic heterocycles. The van der Waals surface area contributed by atoms with Gasteiger partial charge in [-0.1, -0.05) is 5.10 Å². The van der Waals surface area contributed by atoms with Crippen LogP contribution in [0.15, 0.2) is 22.7 Å². The summed E-state index contributed by atoms with van der Waals surface area (Å²) in [6.07, 6.45) is 0. The van der Waals surface area contributed by atoms with E-state index in [4.69, 9.17) is 4.74 Å². The van der Waals surface area contributed by atoms with Gasteiger partial charge in [0.2, 0.25) is 0 Å². The monoisotopic (exact) mass is 297 g/mol. The summed E-state index contributed by atoms with van der Waals surface area (Å²) in [7, 11) is 0. The normalized spacial score (nSPS) is 10.4. The topological polar surface area (TPSA) is 47.9 Å². The van der Waals surface area contributed by atoms with Crippen LogP contribution < -0.4 is 4.74 Å². The van der Waals surface area contributed by atoms with Gasteiger partial charge in [0.25, 0.3) is 0 Å². The molecule has 88 valence electrons. The molecule has 1 heterocycles. The Kier molecular flexibility index (Phi) is 3.33. The van der Waals surface area contributed by atoms with E-state index in [2.05, 4.69) is 31.1 Å². The van der Waals surface area contributed by atoms with Crippen molar-refractivity contribution in [1.29, 1.82) is 0 Å². The molecule has 1 aromatic heterocycles. The summed E-state index contributed by atoms with van der Waals surface area (Å²) in [4.78, 5) is 4.12. The standard InChI is InChI=1S/C11H9BrFN3O/c1-6-7(2)15-16-11(14-6)17-10-4-3-8(13)5-9(10)12/h3-5H,1-2H3. The Bertz CT molecular complexity index is 562. The number of hydrogen-bond acceptors (Lipinski definition) is 4. The van der Waals surface area contributed by atoms with Crippen LogP contribution in [0.5, 0.6) is 11.8 Å². The van der Waals surface area contributed by atoms with Crippen LogP contribution in [0, 0.1) is 19.7 Å². The van der Waals surface area contributed by atoms with Crippen molar-refractivity contribution >= 4 is 15.9 Å². The minimum absolute atomic E-state index is 0.139. The minimum atomic E-state index is -0.344. The molecular formula is C11H9BrFN3O. The Morgan fingerprint density at radius 3 is 2.59 bits per heavy atom. The van der Waals surface area contributed by atoms with E-state index in [9.17, 15) is 4.39 Å². The molecule has 0 atom stereocenters. The second-order valence-electron chi connectivity index (χ2n) is 3.44. The van der Waals surface area contributed by atoms with Crippen LogP contribution in [-0.2, 0) is 0 Å². The second kappa shape index (κ2) is 4.75. The van der Waals surface area contributed by atoms with Gasteiger partial charge in [-0.05, 0) is 48.0 Å². The van der Waals surface area contributed by atoms with E-state index in [1.807, 2.05) is 13.8 Å². The highest BCUT2D eigenvalue weighted by Crippen LogP contribution is 2.28. The van der Waals surface area contributed by atoms with Crippen molar-refractivity contribution in [3.63, 3.8) is 0 Å². The molecule has 0 N–H and O–H groups in total. The van der Waals surface area contributed by atoms with Gasteiger partial charge >= 0.3 is 6.01 Å². The minimum Gasteiger partial charge on any atom is -0.422 e. The highest BCUT2D eigenvalue weighted by atomic mass is 79.9. The Hall–Kier alpha value is -1.56. The van der Waals surface area contributed by atoms with Crippen LogP contribution in [0.4, 0.5) is 4.39 Å². The third-order valence-corrected chi connectivity index (χ3v) is 2.79. The molecule has 0 amide bonds. The van der Waals surface area contributed by atoms with Crippen molar-refractivity contribution < 1.29 is 9.13 Å². The first-order valence-corrected chi connectivity index (χ1v) is 5.66. The average Bonchev–Trinajstić information content (AvgIpc) is 2.27. The van der Waals surface area contributed by atoms with Gasteiger partial charge in [-0.25, -0.2) is 4.39 Å². The molecule has 0 unspecified atom stereocenters. The molecular weight excluding hydrogens is 289 g/mol. The molecule has 17 heavy (non-hydrogen) atoms. The second-order valence-corrected chi connectivity index (χ2v) is 4.30. The Labute approximate surface area is 106 Å². The van der Waals surface area contributed by atoms with Gasteiger partial charge < -0.3 is 4.74 Å². The van der Waals surface area contributed by atoms with E-state index in [1.54, 1.807) is 0 Å². The molecule has 0 radical (unpaired) electrons. The number of nitrogens with zero attached hydrogens (tertiary/aromatic N) is 3. The summed E-state index contributed by atoms with van der Waals surface area (Å²) in [6, 6.07) is 4.25. The summed E-state index contributed by atoms with van der Waals surface area (Å²) in [5.41, 5.74) is 1.49. The van der Waals surface area contributed by atoms with E-state index in [-0.39, 0.29) is 11.8 Å². The van der Waals surface area contributed by atoms with Crippen molar-refractivity contribution in [3.8, 4) is 11.8 Å². The molecule has 2 rings (SSSR count). The molecule has 0 saturated carbocycles. The number of ether oxygens (including phenoxy) is 1. The largest absolute Gasteiger partial charge is 0.422 e. The Morgan fingerprint density at radius 1 is 1.18 bits per heavy atom. The lowest BCUT2D eigenvalue weighted by Crippen LogP contribution is -1.99. The fraction of sp³-hybridized carbons (Fsp3) is 0.182. The van der Waals surface area contributed by atoms with Gasteiger partial charge in [-0.2, -0.15) is 4.98 Å². The summed E-state index contributed by atoms with van der Waals surface area (Å²) < 4.78 is 18.8. The van der Waals surface area contributed by atoms with E-state index >= 15 is 0 Å². The molecule has 6 heteroatoms. The maximum atomic E-state index is 12.9. The molecule has 1 aromatic carbocycles. The lowest BCUT2D eigenvalue weighted by molar-refractivity contribution is 0.426. The predicted molar refractivity (Wildman–Crippen MR) is 63.5 cm³/mol. The van der Waals surface area contributed by atoms with Crippen LogP contribution in [0.3, 0.4) is 0 Å². The van der Waals surface area contributed by atoms with Crippen molar-refractivity contribution in [2.45, 2.75) is 13.8 Å². The van der Waals surface area contributed by atoms with Gasteiger partial charge in [0.1, 0.15) is 11.6 Å². The third-order valence-electron chi connectivity index (χ3n) is 2.17. The zero-order chi connectivity index (χ0) is 12.4. The number of hydrogen-bond donors (Lipinski definition) is 0. The molecule has 4 nitrogen and oxygen atoms in total. The van der Waals surface area contributed by atoms with Crippen molar-refractivity contribution in [2.75, 3.05) is 0 Å². The molecule has 0 bridgehead atoms. The lowest BCUT2D eigenvalue weighted by atomic mass is 10.3. The fourth-order valence-corrected chi connectivity index (χ4v) is 1.57. The van der Waals surface area contributed by atoms with E-state index in [0.29, 0.717) is 10.2 Å². The number of halogens is 2. The van der Waals surface area contributed by atoms with Crippen LogP contribution in [0.25, 0.3) is 0 Å². The number of aryl methyl sites for hydroxylation is 2. The molecule has 0 spiro atoms. The average molecular weight is 298 g/mol. The maximum Gasteiger partial charge on any atom is 0.341 e. The fourth-order valence-electron chi connectivity index (χ4n) is 1.14. The van der Waals surface area contributed by atoms with E-state index in [0.717, 1.165) is 11.4 Å². The lowest BCUT2D eigenvalue weighted by Gasteiger charge is -2.06. The smallest absolute Gasteiger partial charge is 0.341 e. The van der Waals surface area contributed by atoms with E-state index in [1.165, 1.54) is 18.2 Å². The van der Waals surface area contributed by atoms with Gasteiger partial charge in [-0.15, -0.1) is 5.10 Å². The van der Waals surface area contributed by atoms with Crippen LogP contribution >= 0.6 is 15.9 Å². The highest BCUT2D eigenvalue weighted by molar-refractivity contribution is 9.10. The maximum absolute atomic E-state index is 12.9. The first-order chi connectivity index (χ1) is 8.06. The van der Waals surface area contributed by atoms with E-state index < -0.39 is 0 Å². The summed E-state index contributed by atoms with van der Waals surface area (Å²) in [5, 5.41) is 7.70. The first-order valence-electron chi connectivity index (χ1n) is 4.87. The molecule has 0 fully saturated rings. The SMILES string of the molecule is Cc1nnc(Oc2ccc(F)cc2Br)nc1C. The summed E-state index contributed by atoms with van der Waals surface area (Å²) in [6.45, 7) is 3.63. The van der Waals surface area contributed by atoms with Crippen molar-refractivity contribution in [2.24, 2.45) is 0 Å². The van der Waals surface area contributed by atoms with Crippen molar-refractivity contribution in [1.82, 2.24) is 15.2 Å². The van der Waals surface area contributed by atoms with Crippen LogP contribution in [0.2, 0.25) is 0 Å². The van der Waals surface area contributed by atoms with Gasteiger partial charge in [0.15, 0.2) is 0 Å². The predicted octanol–water partition coefficient (Wildman–Crippen LogP) is 3.18. The van der Waals surface area contributed by atoms with Gasteiger partial charge in [-0.3, -0.25) is 0 Å². The molecule has 0 aliphatic rings. The molecule has 2 aromatic rings. The summed E-state index contributed by atoms with van der Waals surface area (Å²) >= 11 is 3.20. The first kappa shape index (κ1) is 11.9. The van der Waals surface area contributed by atoms with Gasteiger partial charge in [0, 0.05) is 0 Å².